The molecule has 0 aliphatic rings. The number of amides is 1. The van der Waals surface area contributed by atoms with Crippen LogP contribution in [0, 0.1) is 12.7 Å². The van der Waals surface area contributed by atoms with E-state index in [-0.39, 0.29) is 12.3 Å². The molecule has 0 saturated heterocycles. The summed E-state index contributed by atoms with van der Waals surface area (Å²) in [5.41, 5.74) is 2.53. The molecule has 104 valence electrons. The van der Waals surface area contributed by atoms with E-state index in [1.54, 1.807) is 6.07 Å². The fraction of sp³-hybridized carbons (Fsp3) is 0.188. The first-order valence-electron chi connectivity index (χ1n) is 6.31. The zero-order valence-corrected chi connectivity index (χ0v) is 11.9. The molecular formula is C16H15ClFNO. The van der Waals surface area contributed by atoms with Crippen molar-refractivity contribution in [3.63, 3.8) is 0 Å². The van der Waals surface area contributed by atoms with Gasteiger partial charge in [-0.15, -0.1) is 0 Å². The van der Waals surface area contributed by atoms with E-state index >= 15 is 0 Å². The van der Waals surface area contributed by atoms with E-state index in [2.05, 4.69) is 5.32 Å². The van der Waals surface area contributed by atoms with Gasteiger partial charge in [0.2, 0.25) is 5.91 Å². The third kappa shape index (κ3) is 4.07. The maximum absolute atomic E-state index is 13.6. The van der Waals surface area contributed by atoms with Gasteiger partial charge >= 0.3 is 0 Å². The van der Waals surface area contributed by atoms with E-state index in [0.717, 1.165) is 5.56 Å². The van der Waals surface area contributed by atoms with Crippen LogP contribution in [0.2, 0.25) is 5.02 Å². The first kappa shape index (κ1) is 14.5. The van der Waals surface area contributed by atoms with Gasteiger partial charge in [-0.25, -0.2) is 4.39 Å². The van der Waals surface area contributed by atoms with Crippen molar-refractivity contribution < 1.29 is 9.18 Å². The van der Waals surface area contributed by atoms with Crippen LogP contribution in [0.5, 0.6) is 0 Å². The molecule has 0 bridgehead atoms. The largest absolute Gasteiger partial charge is 0.352 e. The van der Waals surface area contributed by atoms with Gasteiger partial charge in [-0.1, -0.05) is 47.5 Å². The minimum absolute atomic E-state index is 0.00879. The molecule has 2 nitrogen and oxygen atoms in total. The molecule has 0 unspecified atom stereocenters. The van der Waals surface area contributed by atoms with Crippen molar-refractivity contribution in [1.29, 1.82) is 0 Å². The van der Waals surface area contributed by atoms with E-state index in [9.17, 15) is 9.18 Å². The molecule has 0 aliphatic heterocycles. The summed E-state index contributed by atoms with van der Waals surface area (Å²) < 4.78 is 13.6. The van der Waals surface area contributed by atoms with Crippen LogP contribution in [0.3, 0.4) is 0 Å². The molecule has 0 atom stereocenters. The van der Waals surface area contributed by atoms with E-state index in [4.69, 9.17) is 11.6 Å². The van der Waals surface area contributed by atoms with Crippen molar-refractivity contribution in [2.45, 2.75) is 19.9 Å². The van der Waals surface area contributed by atoms with Crippen LogP contribution < -0.4 is 5.32 Å². The first-order valence-corrected chi connectivity index (χ1v) is 6.68. The second-order valence-electron chi connectivity index (χ2n) is 4.67. The Kier molecular flexibility index (Phi) is 4.74. The number of benzene rings is 2. The van der Waals surface area contributed by atoms with E-state index in [0.29, 0.717) is 17.1 Å². The zero-order chi connectivity index (χ0) is 14.5. The Morgan fingerprint density at radius 3 is 2.55 bits per heavy atom. The summed E-state index contributed by atoms with van der Waals surface area (Å²) in [6.07, 6.45) is 0.00879. The molecule has 0 fully saturated rings. The zero-order valence-electron chi connectivity index (χ0n) is 11.1. The Labute approximate surface area is 122 Å². The molecule has 4 heteroatoms. The Hall–Kier alpha value is -1.87. The predicted octanol–water partition coefficient (Wildman–Crippen LogP) is 3.65. The number of hydrogen-bond acceptors (Lipinski definition) is 1. The highest BCUT2D eigenvalue weighted by Gasteiger charge is 2.08. The quantitative estimate of drug-likeness (QED) is 0.915. The molecule has 20 heavy (non-hydrogen) atoms. The van der Waals surface area contributed by atoms with E-state index in [1.165, 1.54) is 17.7 Å². The van der Waals surface area contributed by atoms with Gasteiger partial charge in [0, 0.05) is 11.6 Å². The van der Waals surface area contributed by atoms with Crippen LogP contribution in [0.4, 0.5) is 4.39 Å². The number of aryl methyl sites for hydroxylation is 1. The number of carbonyl (C=O) groups is 1. The molecule has 0 spiro atoms. The summed E-state index contributed by atoms with van der Waals surface area (Å²) >= 11 is 5.67. The molecule has 0 radical (unpaired) electrons. The lowest BCUT2D eigenvalue weighted by Gasteiger charge is -2.07. The van der Waals surface area contributed by atoms with Crippen LogP contribution in [0.1, 0.15) is 16.7 Å². The Morgan fingerprint density at radius 2 is 1.90 bits per heavy atom. The van der Waals surface area contributed by atoms with Gasteiger partial charge in [-0.2, -0.15) is 0 Å². The lowest BCUT2D eigenvalue weighted by atomic mass is 10.1. The van der Waals surface area contributed by atoms with Gasteiger partial charge in [0.25, 0.3) is 0 Å². The number of nitrogens with one attached hydrogen (secondary N) is 1. The highest BCUT2D eigenvalue weighted by atomic mass is 35.5. The van der Waals surface area contributed by atoms with Crippen molar-refractivity contribution in [2.75, 3.05) is 0 Å². The normalized spacial score (nSPS) is 10.3. The van der Waals surface area contributed by atoms with Gasteiger partial charge in [0.1, 0.15) is 5.82 Å². The number of halogens is 2. The molecule has 2 aromatic rings. The summed E-state index contributed by atoms with van der Waals surface area (Å²) in [6, 6.07) is 12.2. The van der Waals surface area contributed by atoms with Gasteiger partial charge in [0.05, 0.1) is 6.42 Å². The van der Waals surface area contributed by atoms with Gasteiger partial charge in [-0.3, -0.25) is 4.79 Å². The third-order valence-electron chi connectivity index (χ3n) is 2.98. The molecular weight excluding hydrogens is 277 g/mol. The minimum Gasteiger partial charge on any atom is -0.352 e. The lowest BCUT2D eigenvalue weighted by Crippen LogP contribution is -2.24. The van der Waals surface area contributed by atoms with Crippen LogP contribution in [-0.2, 0) is 17.8 Å². The predicted molar refractivity (Wildman–Crippen MR) is 78.1 cm³/mol. The monoisotopic (exact) mass is 291 g/mol. The summed E-state index contributed by atoms with van der Waals surface area (Å²) in [7, 11) is 0. The summed E-state index contributed by atoms with van der Waals surface area (Å²) in [6.45, 7) is 2.44. The smallest absolute Gasteiger partial charge is 0.224 e. The van der Waals surface area contributed by atoms with Crippen molar-refractivity contribution >= 4 is 17.5 Å². The highest BCUT2D eigenvalue weighted by molar-refractivity contribution is 6.30. The van der Waals surface area contributed by atoms with Crippen molar-refractivity contribution in [2.24, 2.45) is 0 Å². The van der Waals surface area contributed by atoms with Crippen molar-refractivity contribution in [3.05, 3.63) is 70.0 Å². The van der Waals surface area contributed by atoms with Gasteiger partial charge in [-0.05, 0) is 30.2 Å². The molecule has 0 aromatic heterocycles. The van der Waals surface area contributed by atoms with Crippen LogP contribution in [0.25, 0.3) is 0 Å². The average molecular weight is 292 g/mol. The van der Waals surface area contributed by atoms with E-state index in [1.807, 2.05) is 31.2 Å². The molecule has 0 aliphatic carbocycles. The summed E-state index contributed by atoms with van der Waals surface area (Å²) in [5.74, 6) is -0.671. The molecule has 2 aromatic carbocycles. The maximum Gasteiger partial charge on any atom is 0.224 e. The van der Waals surface area contributed by atoms with Crippen LogP contribution in [-0.4, -0.2) is 5.91 Å². The topological polar surface area (TPSA) is 29.1 Å². The number of carbonyl (C=O) groups excluding carboxylic acids is 1. The van der Waals surface area contributed by atoms with Gasteiger partial charge < -0.3 is 5.32 Å². The fourth-order valence-corrected chi connectivity index (χ4v) is 1.97. The lowest BCUT2D eigenvalue weighted by molar-refractivity contribution is -0.120. The molecule has 0 heterocycles. The standard InChI is InChI=1S/C16H15ClFNO/c1-11-2-4-12(5-3-11)10-19-16(20)8-13-6-7-14(17)9-15(13)18/h2-7,9H,8,10H2,1H3,(H,19,20). The number of rotatable bonds is 4. The van der Waals surface area contributed by atoms with E-state index < -0.39 is 5.82 Å². The molecule has 2 rings (SSSR count). The minimum atomic E-state index is -0.456. The van der Waals surface area contributed by atoms with Gasteiger partial charge in [0.15, 0.2) is 0 Å². The summed E-state index contributed by atoms with van der Waals surface area (Å²) in [4.78, 5) is 11.8. The average Bonchev–Trinajstić information content (AvgIpc) is 2.41. The SMILES string of the molecule is Cc1ccc(CNC(=O)Cc2ccc(Cl)cc2F)cc1. The Balaban J connectivity index is 1.90. The second kappa shape index (κ2) is 6.53. The summed E-state index contributed by atoms with van der Waals surface area (Å²) in [5, 5.41) is 3.10. The van der Waals surface area contributed by atoms with Crippen molar-refractivity contribution in [1.82, 2.24) is 5.32 Å². The highest BCUT2D eigenvalue weighted by Crippen LogP contribution is 2.15. The van der Waals surface area contributed by atoms with Crippen molar-refractivity contribution in [3.8, 4) is 0 Å². The first-order chi connectivity index (χ1) is 9.54. The van der Waals surface area contributed by atoms with Crippen LogP contribution >= 0.6 is 11.6 Å². The third-order valence-corrected chi connectivity index (χ3v) is 3.21. The Morgan fingerprint density at radius 1 is 1.20 bits per heavy atom. The van der Waals surface area contributed by atoms with Crippen LogP contribution in [0.15, 0.2) is 42.5 Å². The fourth-order valence-electron chi connectivity index (χ4n) is 1.81. The molecule has 0 saturated carbocycles. The number of hydrogen-bond donors (Lipinski definition) is 1. The maximum atomic E-state index is 13.6. The molecule has 1 amide bonds. The second-order valence-corrected chi connectivity index (χ2v) is 5.11. The molecule has 1 N–H and O–H groups in total. The Bertz CT molecular complexity index is 610.